The van der Waals surface area contributed by atoms with E-state index in [1.807, 2.05) is 60.8 Å². The molecule has 4 rings (SSSR count). The highest BCUT2D eigenvalue weighted by atomic mass is 79.9. The molecule has 1 aromatic heterocycles. The van der Waals surface area contributed by atoms with E-state index in [0.717, 1.165) is 27.0 Å². The summed E-state index contributed by atoms with van der Waals surface area (Å²) in [7, 11) is 0. The van der Waals surface area contributed by atoms with Crippen molar-refractivity contribution < 1.29 is 9.18 Å². The minimum absolute atomic E-state index is 0.197. The number of allylic oxidation sites excluding steroid dienone is 1. The van der Waals surface area contributed by atoms with E-state index in [2.05, 4.69) is 15.9 Å². The Morgan fingerprint density at radius 3 is 2.45 bits per heavy atom. The van der Waals surface area contributed by atoms with Crippen molar-refractivity contribution in [3.05, 3.63) is 113 Å². The molecule has 0 saturated heterocycles. The first-order chi connectivity index (χ1) is 14.1. The van der Waals surface area contributed by atoms with Crippen molar-refractivity contribution in [2.45, 2.75) is 0 Å². The van der Waals surface area contributed by atoms with E-state index in [9.17, 15) is 9.18 Å². The van der Waals surface area contributed by atoms with Crippen molar-refractivity contribution in [3.63, 3.8) is 0 Å². The third-order valence-corrected chi connectivity index (χ3v) is 4.90. The van der Waals surface area contributed by atoms with Gasteiger partial charge in [0.15, 0.2) is 5.78 Å². The smallest absolute Gasteiger partial charge is 0.185 e. The van der Waals surface area contributed by atoms with Crippen molar-refractivity contribution in [3.8, 4) is 16.9 Å². The number of para-hydroxylation sites is 1. The summed E-state index contributed by atoms with van der Waals surface area (Å²) in [4.78, 5) is 12.5. The molecule has 0 N–H and O–H groups in total. The topological polar surface area (TPSA) is 34.9 Å². The number of aromatic nitrogens is 2. The van der Waals surface area contributed by atoms with Crippen LogP contribution in [0, 0.1) is 5.82 Å². The first-order valence-corrected chi connectivity index (χ1v) is 9.78. The summed E-state index contributed by atoms with van der Waals surface area (Å²) < 4.78 is 15.8. The monoisotopic (exact) mass is 446 g/mol. The fourth-order valence-corrected chi connectivity index (χ4v) is 3.36. The van der Waals surface area contributed by atoms with E-state index in [1.54, 1.807) is 10.8 Å². The van der Waals surface area contributed by atoms with Crippen LogP contribution in [0.5, 0.6) is 0 Å². The number of carbonyl (C=O) groups is 1. The average molecular weight is 447 g/mol. The van der Waals surface area contributed by atoms with Gasteiger partial charge in [0.2, 0.25) is 0 Å². The molecule has 3 aromatic carbocycles. The van der Waals surface area contributed by atoms with E-state index < -0.39 is 0 Å². The van der Waals surface area contributed by atoms with E-state index in [1.165, 1.54) is 30.3 Å². The molecule has 1 heterocycles. The summed E-state index contributed by atoms with van der Waals surface area (Å²) in [6.07, 6.45) is 5.12. The Morgan fingerprint density at radius 1 is 0.966 bits per heavy atom. The maximum Gasteiger partial charge on any atom is 0.185 e. The standard InChI is InChI=1S/C24H16BrFN2O/c25-20-6-4-5-18(15-20)24-19(16-28(27-24)22-7-2-1-3-8-22)11-14-23(29)17-9-12-21(26)13-10-17/h1-16H/b14-11-. The van der Waals surface area contributed by atoms with Gasteiger partial charge >= 0.3 is 0 Å². The summed E-state index contributed by atoms with van der Waals surface area (Å²) >= 11 is 3.50. The minimum Gasteiger partial charge on any atom is -0.289 e. The van der Waals surface area contributed by atoms with Crippen LogP contribution >= 0.6 is 15.9 Å². The molecule has 0 amide bonds. The van der Waals surface area contributed by atoms with Crippen LogP contribution in [0.3, 0.4) is 0 Å². The summed E-state index contributed by atoms with van der Waals surface area (Å²) in [6, 6.07) is 23.1. The van der Waals surface area contributed by atoms with Gasteiger partial charge in [-0.2, -0.15) is 5.10 Å². The largest absolute Gasteiger partial charge is 0.289 e. The van der Waals surface area contributed by atoms with Crippen LogP contribution in [0.2, 0.25) is 0 Å². The van der Waals surface area contributed by atoms with Crippen molar-refractivity contribution >= 4 is 27.8 Å². The molecule has 4 aromatic rings. The molecular weight excluding hydrogens is 431 g/mol. The second kappa shape index (κ2) is 8.37. The van der Waals surface area contributed by atoms with Gasteiger partial charge in [-0.05, 0) is 60.7 Å². The van der Waals surface area contributed by atoms with Gasteiger partial charge in [0.25, 0.3) is 0 Å². The van der Waals surface area contributed by atoms with Gasteiger partial charge in [-0.15, -0.1) is 0 Å². The second-order valence-electron chi connectivity index (χ2n) is 6.43. The average Bonchev–Trinajstić information content (AvgIpc) is 3.17. The van der Waals surface area contributed by atoms with E-state index in [-0.39, 0.29) is 11.6 Å². The molecule has 0 fully saturated rings. The lowest BCUT2D eigenvalue weighted by molar-refractivity contribution is 0.104. The number of halogens is 2. The highest BCUT2D eigenvalue weighted by Crippen LogP contribution is 2.27. The Labute approximate surface area is 176 Å². The van der Waals surface area contributed by atoms with Crippen molar-refractivity contribution in [2.24, 2.45) is 0 Å². The predicted molar refractivity (Wildman–Crippen MR) is 116 cm³/mol. The molecule has 0 aliphatic carbocycles. The maximum absolute atomic E-state index is 13.1. The Hall–Kier alpha value is -3.31. The number of hydrogen-bond acceptors (Lipinski definition) is 2. The highest BCUT2D eigenvalue weighted by molar-refractivity contribution is 9.10. The van der Waals surface area contributed by atoms with Gasteiger partial charge in [0.1, 0.15) is 5.82 Å². The molecule has 0 aliphatic heterocycles. The van der Waals surface area contributed by atoms with Crippen LogP contribution < -0.4 is 0 Å². The van der Waals surface area contributed by atoms with E-state index >= 15 is 0 Å². The van der Waals surface area contributed by atoms with Gasteiger partial charge in [-0.25, -0.2) is 9.07 Å². The van der Waals surface area contributed by atoms with Gasteiger partial charge in [0, 0.05) is 27.4 Å². The Balaban J connectivity index is 1.73. The normalized spacial score (nSPS) is 11.1. The van der Waals surface area contributed by atoms with Gasteiger partial charge < -0.3 is 0 Å². The van der Waals surface area contributed by atoms with E-state index in [0.29, 0.717) is 5.56 Å². The highest BCUT2D eigenvalue weighted by Gasteiger charge is 2.12. The first kappa shape index (κ1) is 19.0. The quantitative estimate of drug-likeness (QED) is 0.265. The molecule has 0 unspecified atom stereocenters. The number of ketones is 1. The van der Waals surface area contributed by atoms with Gasteiger partial charge in [-0.1, -0.05) is 46.3 Å². The van der Waals surface area contributed by atoms with Crippen molar-refractivity contribution in [1.29, 1.82) is 0 Å². The minimum atomic E-state index is -0.369. The Kier molecular flexibility index (Phi) is 5.49. The molecule has 0 spiro atoms. The van der Waals surface area contributed by atoms with Gasteiger partial charge in [0.05, 0.1) is 11.4 Å². The predicted octanol–water partition coefficient (Wildman–Crippen LogP) is 6.34. The second-order valence-corrected chi connectivity index (χ2v) is 7.34. The maximum atomic E-state index is 13.1. The number of nitrogens with zero attached hydrogens (tertiary/aromatic N) is 2. The summed E-state index contributed by atoms with van der Waals surface area (Å²) in [5.41, 5.74) is 3.86. The zero-order valence-electron chi connectivity index (χ0n) is 15.3. The molecule has 29 heavy (non-hydrogen) atoms. The number of hydrogen-bond donors (Lipinski definition) is 0. The van der Waals surface area contributed by atoms with Crippen molar-refractivity contribution in [1.82, 2.24) is 9.78 Å². The van der Waals surface area contributed by atoms with Crippen LogP contribution in [-0.4, -0.2) is 15.6 Å². The number of benzene rings is 3. The Bertz CT molecular complexity index is 1180. The lowest BCUT2D eigenvalue weighted by Gasteiger charge is -2.01. The molecule has 0 atom stereocenters. The number of rotatable bonds is 5. The third-order valence-electron chi connectivity index (χ3n) is 4.40. The van der Waals surface area contributed by atoms with Crippen LogP contribution in [-0.2, 0) is 0 Å². The number of carbonyl (C=O) groups excluding carboxylic acids is 1. The first-order valence-electron chi connectivity index (χ1n) is 8.99. The molecule has 0 radical (unpaired) electrons. The molecule has 0 bridgehead atoms. The SMILES string of the molecule is O=C(/C=C\c1cn(-c2ccccc2)nc1-c1cccc(Br)c1)c1ccc(F)cc1. The summed E-state index contributed by atoms with van der Waals surface area (Å²) in [6.45, 7) is 0. The van der Waals surface area contributed by atoms with Crippen LogP contribution in [0.4, 0.5) is 4.39 Å². The van der Waals surface area contributed by atoms with Crippen LogP contribution in [0.25, 0.3) is 23.0 Å². The zero-order valence-corrected chi connectivity index (χ0v) is 16.9. The van der Waals surface area contributed by atoms with Crippen LogP contribution in [0.1, 0.15) is 15.9 Å². The zero-order chi connectivity index (χ0) is 20.2. The Morgan fingerprint density at radius 2 is 1.72 bits per heavy atom. The fourth-order valence-electron chi connectivity index (χ4n) is 2.96. The third kappa shape index (κ3) is 4.41. The van der Waals surface area contributed by atoms with Crippen molar-refractivity contribution in [2.75, 3.05) is 0 Å². The summed E-state index contributed by atoms with van der Waals surface area (Å²) in [5.74, 6) is -0.565. The molecular formula is C24H16BrFN2O. The summed E-state index contributed by atoms with van der Waals surface area (Å²) in [5, 5.41) is 4.74. The fraction of sp³-hybridized carbons (Fsp3) is 0. The molecule has 3 nitrogen and oxygen atoms in total. The lowest BCUT2D eigenvalue weighted by Crippen LogP contribution is -1.93. The molecule has 0 aliphatic rings. The molecule has 0 saturated carbocycles. The lowest BCUT2D eigenvalue weighted by atomic mass is 10.1. The van der Waals surface area contributed by atoms with Crippen LogP contribution in [0.15, 0.2) is 95.6 Å². The van der Waals surface area contributed by atoms with Gasteiger partial charge in [-0.3, -0.25) is 4.79 Å². The molecule has 5 heteroatoms. The molecule has 142 valence electrons. The van der Waals surface area contributed by atoms with E-state index in [4.69, 9.17) is 5.10 Å².